The predicted octanol–water partition coefficient (Wildman–Crippen LogP) is 3.50. The van der Waals surface area contributed by atoms with Gasteiger partial charge in [-0.2, -0.15) is 0 Å². The monoisotopic (exact) mass is 340 g/mol. The molecule has 1 atom stereocenters. The highest BCUT2D eigenvalue weighted by Gasteiger charge is 2.02. The number of nitrogens with two attached hydrogens (primary N) is 1. The Morgan fingerprint density at radius 3 is 2.41 bits per heavy atom. The molecule has 0 spiro atoms. The normalized spacial score (nSPS) is 12.2. The SMILES string of the molecule is CC(N)c1ccc(Oc2ccc(I)cc2)nc1. The van der Waals surface area contributed by atoms with Crippen molar-refractivity contribution in [1.82, 2.24) is 4.98 Å². The van der Waals surface area contributed by atoms with Crippen molar-refractivity contribution in [3.8, 4) is 11.6 Å². The molecule has 4 heteroatoms. The van der Waals surface area contributed by atoms with Gasteiger partial charge < -0.3 is 10.5 Å². The predicted molar refractivity (Wildman–Crippen MR) is 76.1 cm³/mol. The average Bonchev–Trinajstić information content (AvgIpc) is 2.33. The van der Waals surface area contributed by atoms with Crippen molar-refractivity contribution in [2.75, 3.05) is 0 Å². The van der Waals surface area contributed by atoms with Crippen LogP contribution < -0.4 is 10.5 Å². The summed E-state index contributed by atoms with van der Waals surface area (Å²) >= 11 is 2.25. The zero-order valence-corrected chi connectivity index (χ0v) is 11.6. The molecule has 0 fully saturated rings. The van der Waals surface area contributed by atoms with E-state index in [9.17, 15) is 0 Å². The van der Waals surface area contributed by atoms with E-state index >= 15 is 0 Å². The Morgan fingerprint density at radius 2 is 1.88 bits per heavy atom. The Morgan fingerprint density at radius 1 is 1.18 bits per heavy atom. The van der Waals surface area contributed by atoms with Crippen LogP contribution >= 0.6 is 22.6 Å². The standard InChI is InChI=1S/C13H13IN2O/c1-9(15)10-2-7-13(16-8-10)17-12-5-3-11(14)4-6-12/h2-9H,15H2,1H3. The summed E-state index contributed by atoms with van der Waals surface area (Å²) in [5, 5.41) is 0. The van der Waals surface area contributed by atoms with E-state index in [1.165, 1.54) is 3.57 Å². The average molecular weight is 340 g/mol. The van der Waals surface area contributed by atoms with Crippen molar-refractivity contribution >= 4 is 22.6 Å². The molecule has 1 aromatic heterocycles. The van der Waals surface area contributed by atoms with Gasteiger partial charge in [0.15, 0.2) is 0 Å². The van der Waals surface area contributed by atoms with Gasteiger partial charge in [-0.3, -0.25) is 0 Å². The van der Waals surface area contributed by atoms with Crippen LogP contribution in [0.1, 0.15) is 18.5 Å². The van der Waals surface area contributed by atoms with Crippen molar-refractivity contribution in [3.05, 3.63) is 51.7 Å². The molecule has 2 aromatic rings. The van der Waals surface area contributed by atoms with Gasteiger partial charge in [0.25, 0.3) is 0 Å². The van der Waals surface area contributed by atoms with Crippen LogP contribution in [-0.2, 0) is 0 Å². The van der Waals surface area contributed by atoms with Crippen LogP contribution in [0.2, 0.25) is 0 Å². The van der Waals surface area contributed by atoms with E-state index in [1.807, 2.05) is 43.3 Å². The first-order valence-electron chi connectivity index (χ1n) is 5.30. The molecule has 1 unspecified atom stereocenters. The van der Waals surface area contributed by atoms with Crippen LogP contribution in [0.5, 0.6) is 11.6 Å². The molecule has 0 radical (unpaired) electrons. The molecule has 0 aliphatic carbocycles. The molecular formula is C13H13IN2O. The van der Waals surface area contributed by atoms with E-state index in [4.69, 9.17) is 10.5 Å². The fourth-order valence-electron chi connectivity index (χ4n) is 1.34. The first-order valence-corrected chi connectivity index (χ1v) is 6.38. The van der Waals surface area contributed by atoms with Crippen LogP contribution in [0, 0.1) is 3.57 Å². The van der Waals surface area contributed by atoms with Crippen LogP contribution in [0.4, 0.5) is 0 Å². The van der Waals surface area contributed by atoms with E-state index in [-0.39, 0.29) is 6.04 Å². The van der Waals surface area contributed by atoms with E-state index in [2.05, 4.69) is 27.6 Å². The summed E-state index contributed by atoms with van der Waals surface area (Å²) in [4.78, 5) is 4.21. The first kappa shape index (κ1) is 12.3. The molecule has 1 aromatic carbocycles. The Labute approximate surface area is 114 Å². The molecule has 0 amide bonds. The van der Waals surface area contributed by atoms with Gasteiger partial charge in [-0.15, -0.1) is 0 Å². The summed E-state index contributed by atoms with van der Waals surface area (Å²) < 4.78 is 6.79. The van der Waals surface area contributed by atoms with Crippen LogP contribution in [-0.4, -0.2) is 4.98 Å². The second-order valence-electron chi connectivity index (χ2n) is 3.77. The topological polar surface area (TPSA) is 48.1 Å². The lowest BCUT2D eigenvalue weighted by Crippen LogP contribution is -2.05. The van der Waals surface area contributed by atoms with Gasteiger partial charge in [-0.05, 0) is 59.3 Å². The highest BCUT2D eigenvalue weighted by molar-refractivity contribution is 14.1. The Hall–Kier alpha value is -1.14. The maximum Gasteiger partial charge on any atom is 0.219 e. The van der Waals surface area contributed by atoms with Crippen molar-refractivity contribution in [3.63, 3.8) is 0 Å². The van der Waals surface area contributed by atoms with E-state index < -0.39 is 0 Å². The van der Waals surface area contributed by atoms with Crippen molar-refractivity contribution < 1.29 is 4.74 Å². The maximum absolute atomic E-state index is 5.75. The molecule has 0 saturated carbocycles. The highest BCUT2D eigenvalue weighted by Crippen LogP contribution is 2.21. The fourth-order valence-corrected chi connectivity index (χ4v) is 1.70. The lowest BCUT2D eigenvalue weighted by molar-refractivity contribution is 0.462. The number of nitrogens with zero attached hydrogens (tertiary/aromatic N) is 1. The molecule has 3 nitrogen and oxygen atoms in total. The van der Waals surface area contributed by atoms with E-state index in [1.54, 1.807) is 6.20 Å². The molecule has 88 valence electrons. The van der Waals surface area contributed by atoms with Gasteiger partial charge in [0, 0.05) is 21.9 Å². The molecule has 0 bridgehead atoms. The summed E-state index contributed by atoms with van der Waals surface area (Å²) in [6.45, 7) is 1.93. The summed E-state index contributed by atoms with van der Waals surface area (Å²) in [6.07, 6.45) is 1.74. The van der Waals surface area contributed by atoms with Crippen LogP contribution in [0.25, 0.3) is 0 Å². The minimum Gasteiger partial charge on any atom is -0.439 e. The number of aromatic nitrogens is 1. The molecular weight excluding hydrogens is 327 g/mol. The number of ether oxygens (including phenoxy) is 1. The van der Waals surface area contributed by atoms with Gasteiger partial charge >= 0.3 is 0 Å². The number of benzene rings is 1. The molecule has 2 N–H and O–H groups in total. The van der Waals surface area contributed by atoms with Crippen molar-refractivity contribution in [2.24, 2.45) is 5.73 Å². The zero-order valence-electron chi connectivity index (χ0n) is 9.43. The molecule has 0 saturated heterocycles. The summed E-state index contributed by atoms with van der Waals surface area (Å²) in [5.41, 5.74) is 6.75. The third-order valence-electron chi connectivity index (χ3n) is 2.32. The number of halogens is 1. The minimum atomic E-state index is -0.00477. The molecule has 17 heavy (non-hydrogen) atoms. The van der Waals surface area contributed by atoms with Crippen molar-refractivity contribution in [1.29, 1.82) is 0 Å². The maximum atomic E-state index is 5.75. The van der Waals surface area contributed by atoms with Crippen LogP contribution in [0.3, 0.4) is 0 Å². The van der Waals surface area contributed by atoms with Crippen molar-refractivity contribution in [2.45, 2.75) is 13.0 Å². The number of rotatable bonds is 3. The van der Waals surface area contributed by atoms with E-state index in [0.717, 1.165) is 11.3 Å². The number of hydrogen-bond acceptors (Lipinski definition) is 3. The third kappa shape index (κ3) is 3.41. The number of pyridine rings is 1. The lowest BCUT2D eigenvalue weighted by atomic mass is 10.2. The molecule has 0 aliphatic rings. The fraction of sp³-hybridized carbons (Fsp3) is 0.154. The first-order chi connectivity index (χ1) is 8.15. The van der Waals surface area contributed by atoms with Gasteiger partial charge in [0.05, 0.1) is 0 Å². The smallest absolute Gasteiger partial charge is 0.219 e. The van der Waals surface area contributed by atoms with Crippen LogP contribution in [0.15, 0.2) is 42.6 Å². The summed E-state index contributed by atoms with van der Waals surface area (Å²) in [7, 11) is 0. The second-order valence-corrected chi connectivity index (χ2v) is 5.02. The third-order valence-corrected chi connectivity index (χ3v) is 3.04. The molecule has 2 rings (SSSR count). The van der Waals surface area contributed by atoms with Gasteiger partial charge in [0.1, 0.15) is 5.75 Å². The van der Waals surface area contributed by atoms with Gasteiger partial charge in [0.2, 0.25) is 5.88 Å². The number of hydrogen-bond donors (Lipinski definition) is 1. The highest BCUT2D eigenvalue weighted by atomic mass is 127. The molecule has 0 aliphatic heterocycles. The second kappa shape index (κ2) is 5.46. The Balaban J connectivity index is 2.11. The minimum absolute atomic E-state index is 0.00477. The van der Waals surface area contributed by atoms with Gasteiger partial charge in [-0.25, -0.2) is 4.98 Å². The summed E-state index contributed by atoms with van der Waals surface area (Å²) in [6, 6.07) is 11.6. The Bertz CT molecular complexity index is 480. The van der Waals surface area contributed by atoms with Gasteiger partial charge in [-0.1, -0.05) is 6.07 Å². The quantitative estimate of drug-likeness (QED) is 0.870. The lowest BCUT2D eigenvalue weighted by Gasteiger charge is -2.07. The molecule has 1 heterocycles. The largest absolute Gasteiger partial charge is 0.439 e. The van der Waals surface area contributed by atoms with E-state index in [0.29, 0.717) is 5.88 Å². The zero-order chi connectivity index (χ0) is 12.3. The Kier molecular flexibility index (Phi) is 3.96. The summed E-state index contributed by atoms with van der Waals surface area (Å²) in [5.74, 6) is 1.36.